The van der Waals surface area contributed by atoms with Gasteiger partial charge in [0.1, 0.15) is 101 Å². The van der Waals surface area contributed by atoms with E-state index in [4.69, 9.17) is 68.4 Å². The van der Waals surface area contributed by atoms with E-state index in [-0.39, 0.29) is 118 Å². The van der Waals surface area contributed by atoms with E-state index >= 15 is 0 Å². The fourth-order valence-corrected chi connectivity index (χ4v) is 20.7. The van der Waals surface area contributed by atoms with Crippen molar-refractivity contribution in [1.29, 1.82) is 0 Å². The Labute approximate surface area is 838 Å². The van der Waals surface area contributed by atoms with E-state index in [9.17, 15) is 42.7 Å². The Kier molecular flexibility index (Phi) is 46.4. The van der Waals surface area contributed by atoms with Crippen LogP contribution in [0.3, 0.4) is 0 Å². The van der Waals surface area contributed by atoms with Crippen molar-refractivity contribution in [3.05, 3.63) is 334 Å². The Balaban J connectivity index is 0.000000198. The lowest BCUT2D eigenvalue weighted by Gasteiger charge is -2.10. The molecule has 0 saturated heterocycles. The minimum atomic E-state index is -0.558. The molecule has 0 heterocycles. The van der Waals surface area contributed by atoms with Gasteiger partial charge in [-0.1, -0.05) is 164 Å². The van der Waals surface area contributed by atoms with E-state index in [0.29, 0.717) is 28.0 Å². The van der Waals surface area contributed by atoms with Gasteiger partial charge in [-0.05, 0) is 293 Å². The summed E-state index contributed by atoms with van der Waals surface area (Å²) < 4.78 is 77.6. The molecule has 12 rings (SSSR count). The van der Waals surface area contributed by atoms with E-state index in [1.54, 1.807) is 52.0 Å². The quantitative estimate of drug-likeness (QED) is 0.00864. The molecule has 688 valence electrons. The highest BCUT2D eigenvalue weighted by molar-refractivity contribution is 14.1. The van der Waals surface area contributed by atoms with Crippen LogP contribution in [0.4, 0.5) is 4.39 Å². The molecule has 0 aliphatic carbocycles. The summed E-state index contributed by atoms with van der Waals surface area (Å²) in [5, 5.41) is 0.696. The second-order valence-corrected chi connectivity index (χ2v) is 43.5. The Bertz CT molecular complexity index is 4870. The molecule has 0 radical (unpaired) electrons. The largest absolute Gasteiger partial charge is 0.482 e. The molecule has 0 aromatic heterocycles. The number of halogens is 8. The van der Waals surface area contributed by atoms with Crippen molar-refractivity contribution in [3.63, 3.8) is 0 Å². The molecule has 0 N–H and O–H groups in total. The smallest absolute Gasteiger partial charge is 0.344 e. The highest BCUT2D eigenvalue weighted by Crippen LogP contribution is 2.38. The molecule has 20 nitrogen and oxygen atoms in total. The fourth-order valence-electron chi connectivity index (χ4n) is 11.2. The molecule has 12 aromatic rings. The maximum absolute atomic E-state index is 13.4. The molecule has 132 heavy (non-hydrogen) atoms. The van der Waals surface area contributed by atoms with Crippen LogP contribution in [0.15, 0.2) is 379 Å². The third kappa shape index (κ3) is 37.3. The van der Waals surface area contributed by atoms with Gasteiger partial charge in [0.15, 0.2) is 85.2 Å². The van der Waals surface area contributed by atoms with Crippen LogP contribution >= 0.6 is 114 Å². The number of carbonyl (C=O) groups excluding carboxylic acids is 8. The number of alkyl halides is 4. The van der Waals surface area contributed by atoms with Crippen molar-refractivity contribution < 1.29 is 99.6 Å². The molecule has 8 unspecified atom stereocenters. The molecule has 32 heteroatoms. The van der Waals surface area contributed by atoms with Crippen LogP contribution in [0, 0.1) is 9.39 Å². The van der Waals surface area contributed by atoms with Crippen LogP contribution in [0.5, 0.6) is 23.0 Å². The lowest BCUT2D eigenvalue weighted by Crippen LogP contribution is -2.20. The molecule has 0 aliphatic rings. The molecule has 12 aromatic carbocycles. The van der Waals surface area contributed by atoms with Crippen molar-refractivity contribution in [2.24, 2.45) is 0 Å². The second kappa shape index (κ2) is 57.8. The average molecular weight is 2320 g/mol. The Morgan fingerprint density at radius 2 is 0.455 bits per heavy atom. The summed E-state index contributed by atoms with van der Waals surface area (Å²) in [7, 11) is -1.24. The summed E-state index contributed by atoms with van der Waals surface area (Å²) >= 11 is 24.3. The first-order chi connectivity index (χ1) is 63.7. The molecule has 0 bridgehead atoms. The predicted octanol–water partition coefficient (Wildman–Crippen LogP) is 22.3. The highest BCUT2D eigenvalue weighted by Gasteiger charge is 2.34. The SMILES string of the molecule is CC(Br)C(=O)OCCOC(=O)COc1ccc([S+](c2ccccc2)c2ccc(Br)cc2)cc1.CC(Br)C(=O)OCCOC(=O)COc1ccc([S+](c2ccccc2)c2ccc(Cl)cc2)cc1.CC(Br)C(=O)OCCOC(=O)COc1ccc([S+](c2ccccc2)c2ccc(F)cc2)cc1.CC(Br)C(=O)OCCOC(=O)COc1ccc([S+](c2ccccc2)c2ccc(I)cc2)cc1. The zero-order valence-corrected chi connectivity index (χ0v) is 85.7. The summed E-state index contributed by atoms with van der Waals surface area (Å²) in [5.74, 6) is -1.82. The van der Waals surface area contributed by atoms with Crippen molar-refractivity contribution in [3.8, 4) is 23.0 Å². The monoisotopic (exact) mass is 2320 g/mol. The van der Waals surface area contributed by atoms with E-state index in [0.717, 1.165) is 38.7 Å². The van der Waals surface area contributed by atoms with Gasteiger partial charge >= 0.3 is 47.8 Å². The molecule has 0 amide bonds. The predicted molar refractivity (Wildman–Crippen MR) is 535 cm³/mol. The van der Waals surface area contributed by atoms with Crippen LogP contribution in [0.25, 0.3) is 0 Å². The number of benzene rings is 12. The molecule has 0 saturated carbocycles. The van der Waals surface area contributed by atoms with E-state index < -0.39 is 78.0 Å². The first kappa shape index (κ1) is 106. The van der Waals surface area contributed by atoms with Crippen LogP contribution in [-0.2, 0) is 120 Å². The number of carbonyl (C=O) groups is 8. The number of esters is 8. The van der Waals surface area contributed by atoms with Crippen LogP contribution in [0.1, 0.15) is 27.7 Å². The molecule has 0 spiro atoms. The van der Waals surface area contributed by atoms with Gasteiger partial charge in [0.05, 0.1) is 43.6 Å². The topological polar surface area (TPSA) is 247 Å². The van der Waals surface area contributed by atoms with Gasteiger partial charge in [0, 0.05) is 13.1 Å². The summed E-state index contributed by atoms with van der Waals surface area (Å²) in [6.45, 7) is 5.62. The highest BCUT2D eigenvalue weighted by atomic mass is 127. The van der Waals surface area contributed by atoms with Gasteiger partial charge in [-0.3, -0.25) is 19.2 Å². The van der Waals surface area contributed by atoms with Crippen molar-refractivity contribution in [2.45, 2.75) is 106 Å². The lowest BCUT2D eigenvalue weighted by molar-refractivity contribution is -0.153. The van der Waals surface area contributed by atoms with Gasteiger partial charge in [0.25, 0.3) is 0 Å². The Hall–Kier alpha value is -9.65. The van der Waals surface area contributed by atoms with Gasteiger partial charge in [-0.25, -0.2) is 23.6 Å². The number of ether oxygens (including phenoxy) is 12. The summed E-state index contributed by atoms with van der Waals surface area (Å²) in [4.78, 5) is 105. The number of rotatable bonds is 40. The third-order valence-electron chi connectivity index (χ3n) is 17.4. The third-order valence-corrected chi connectivity index (χ3v) is 29.4. The molecule has 0 aliphatic heterocycles. The fraction of sp³-hybridized carbons (Fsp3) is 0.200. The summed E-state index contributed by atoms with van der Waals surface area (Å²) in [6, 6.07) is 103. The Morgan fingerprint density at radius 3 is 0.674 bits per heavy atom. The number of hydrogen-bond acceptors (Lipinski definition) is 20. The zero-order chi connectivity index (χ0) is 94.5. The van der Waals surface area contributed by atoms with Crippen molar-refractivity contribution in [1.82, 2.24) is 0 Å². The molecular weight excluding hydrogens is 2230 g/mol. The molecule has 0 fully saturated rings. The van der Waals surface area contributed by atoms with Crippen molar-refractivity contribution >= 4 is 205 Å². The standard InChI is InChI=1S/C25H23Br2O5S.C25H23BrClO5S.C25H23BrFO5S.C25H23BrIO5S/c4*1-18(26)25(29)31-16-15-30-24(28)17-32-20-9-13-23(14-10-20)33(21-5-3-2-4-6-21)22-11-7-19(27)8-12-22/h4*2-14,18H,15-17H2,1H3/q4*+1. The van der Waals surface area contributed by atoms with E-state index in [2.05, 4.69) is 175 Å². The van der Waals surface area contributed by atoms with Crippen LogP contribution in [0.2, 0.25) is 5.02 Å². The lowest BCUT2D eigenvalue weighted by atomic mass is 10.3. The van der Waals surface area contributed by atoms with Crippen LogP contribution < -0.4 is 18.9 Å². The maximum Gasteiger partial charge on any atom is 0.344 e. The van der Waals surface area contributed by atoms with Gasteiger partial charge in [0.2, 0.25) is 0 Å². The first-order valence-corrected chi connectivity index (χ1v) is 51.5. The van der Waals surface area contributed by atoms with E-state index in [1.165, 1.54) is 40.2 Å². The van der Waals surface area contributed by atoms with Gasteiger partial charge in [-0.2, -0.15) is 0 Å². The summed E-state index contributed by atoms with van der Waals surface area (Å²) in [5.41, 5.74) is 0. The zero-order valence-electron chi connectivity index (χ0n) is 71.6. The normalized spacial score (nSPS) is 12.5. The van der Waals surface area contributed by atoms with Crippen molar-refractivity contribution in [2.75, 3.05) is 79.3 Å². The number of hydrogen-bond donors (Lipinski definition) is 0. The second-order valence-electron chi connectivity index (χ2n) is 27.3. The summed E-state index contributed by atoms with van der Waals surface area (Å²) in [6.07, 6.45) is 0. The van der Waals surface area contributed by atoms with Crippen LogP contribution in [-0.4, -0.2) is 146 Å². The maximum atomic E-state index is 13.4. The minimum Gasteiger partial charge on any atom is -0.482 e. The molecular formula is C100H92Br5ClFIO20S4+4. The molecule has 8 atom stereocenters. The minimum absolute atomic E-state index is 0.00169. The van der Waals surface area contributed by atoms with Gasteiger partial charge < -0.3 is 56.8 Å². The Morgan fingerprint density at radius 1 is 0.273 bits per heavy atom. The van der Waals surface area contributed by atoms with Gasteiger partial charge in [-0.15, -0.1) is 0 Å². The van der Waals surface area contributed by atoms with E-state index in [1.807, 2.05) is 206 Å². The first-order valence-electron chi connectivity index (χ1n) is 40.7. The average Bonchev–Trinajstić information content (AvgIpc) is 0.824.